The molecule has 4 rings (SSSR count). The minimum atomic E-state index is -0.257. The van der Waals surface area contributed by atoms with Gasteiger partial charge in [0.1, 0.15) is 16.8 Å². The molecule has 2 aromatic heterocycles. The van der Waals surface area contributed by atoms with Crippen LogP contribution < -0.4 is 20.7 Å². The Balaban J connectivity index is 1.44. The summed E-state index contributed by atoms with van der Waals surface area (Å²) in [6.45, 7) is 5.75. The summed E-state index contributed by atoms with van der Waals surface area (Å²) in [5.41, 5.74) is 2.53. The molecule has 1 aromatic carbocycles. The van der Waals surface area contributed by atoms with Crippen molar-refractivity contribution in [3.8, 4) is 5.88 Å². The molecule has 1 aliphatic rings. The maximum atomic E-state index is 12.6. The molecule has 0 bridgehead atoms. The van der Waals surface area contributed by atoms with E-state index in [1.54, 1.807) is 6.07 Å². The van der Waals surface area contributed by atoms with E-state index in [2.05, 4.69) is 25.9 Å². The summed E-state index contributed by atoms with van der Waals surface area (Å²) in [6, 6.07) is 9.33. The largest absolute Gasteiger partial charge is 0.473 e. The van der Waals surface area contributed by atoms with Gasteiger partial charge in [0, 0.05) is 12.6 Å². The first-order valence-corrected chi connectivity index (χ1v) is 11.3. The zero-order valence-corrected chi connectivity index (χ0v) is 18.9. The molecular weight excluding hydrogens is 434 g/mol. The van der Waals surface area contributed by atoms with Crippen molar-refractivity contribution in [2.75, 3.05) is 23.7 Å². The number of halogens is 1. The first kappa shape index (κ1) is 21.5. The molecule has 3 N–H and O–H groups in total. The van der Waals surface area contributed by atoms with Crippen molar-refractivity contribution in [3.05, 3.63) is 57.6 Å². The maximum Gasteiger partial charge on any atom is 0.267 e. The fourth-order valence-electron chi connectivity index (χ4n) is 3.36. The maximum absolute atomic E-state index is 12.6. The molecule has 1 atom stereocenters. The second-order valence-electron chi connectivity index (χ2n) is 7.49. The smallest absolute Gasteiger partial charge is 0.267 e. The van der Waals surface area contributed by atoms with Crippen LogP contribution in [-0.4, -0.2) is 35.1 Å². The van der Waals surface area contributed by atoms with Gasteiger partial charge in [-0.15, -0.1) is 0 Å². The van der Waals surface area contributed by atoms with Crippen molar-refractivity contribution in [1.82, 2.24) is 15.3 Å². The molecule has 3 aromatic rings. The number of amides is 1. The van der Waals surface area contributed by atoms with E-state index in [0.29, 0.717) is 32.4 Å². The van der Waals surface area contributed by atoms with Crippen molar-refractivity contribution < 1.29 is 9.53 Å². The SMILES string of the molecule is Cc1cc(Nc2ncc(C(=O)Nc3c(C)cccc3Cl)s2)nc(O[C@H]2CCCNC2)c1. The second kappa shape index (κ2) is 9.64. The lowest BCUT2D eigenvalue weighted by Gasteiger charge is -2.23. The third-order valence-corrected chi connectivity index (χ3v) is 6.14. The molecule has 31 heavy (non-hydrogen) atoms. The standard InChI is InChI=1S/C22H24ClN5O2S/c1-13-9-18(26-19(10-13)30-15-6-4-8-24-11-15)27-22-25-12-17(31-22)21(29)28-20-14(2)5-3-7-16(20)23/h3,5,7,9-10,12,15,24H,4,6,8,11H2,1-2H3,(H,28,29)(H,25,26,27)/t15-/m0/s1. The van der Waals surface area contributed by atoms with Crippen LogP contribution in [0, 0.1) is 13.8 Å². The molecule has 0 spiro atoms. The highest BCUT2D eigenvalue weighted by Gasteiger charge is 2.17. The Morgan fingerprint density at radius 2 is 2.19 bits per heavy atom. The predicted octanol–water partition coefficient (Wildman–Crippen LogP) is 4.94. The van der Waals surface area contributed by atoms with E-state index in [0.717, 1.165) is 37.1 Å². The van der Waals surface area contributed by atoms with Gasteiger partial charge in [0.2, 0.25) is 5.88 Å². The molecule has 3 heterocycles. The number of carbonyl (C=O) groups excluding carboxylic acids is 1. The quantitative estimate of drug-likeness (QED) is 0.486. The highest BCUT2D eigenvalue weighted by molar-refractivity contribution is 7.17. The van der Waals surface area contributed by atoms with E-state index in [1.807, 2.05) is 38.1 Å². The Morgan fingerprint density at radius 1 is 1.32 bits per heavy atom. The molecule has 7 nitrogen and oxygen atoms in total. The first-order chi connectivity index (χ1) is 15.0. The highest BCUT2D eigenvalue weighted by atomic mass is 35.5. The molecule has 0 radical (unpaired) electrons. The summed E-state index contributed by atoms with van der Waals surface area (Å²) in [5.74, 6) is 0.953. The van der Waals surface area contributed by atoms with Gasteiger partial charge in [0.05, 0.1) is 16.9 Å². The molecule has 9 heteroatoms. The molecule has 1 fully saturated rings. The average Bonchev–Trinajstić information content (AvgIpc) is 3.19. The van der Waals surface area contributed by atoms with E-state index in [1.165, 1.54) is 17.5 Å². The minimum absolute atomic E-state index is 0.124. The molecule has 1 saturated heterocycles. The molecule has 1 amide bonds. The molecule has 0 saturated carbocycles. The number of piperidine rings is 1. The van der Waals surface area contributed by atoms with Crippen LogP contribution in [0.5, 0.6) is 5.88 Å². The Morgan fingerprint density at radius 3 is 2.97 bits per heavy atom. The van der Waals surface area contributed by atoms with Gasteiger partial charge in [-0.1, -0.05) is 35.1 Å². The Labute approximate surface area is 190 Å². The van der Waals surface area contributed by atoms with E-state index in [4.69, 9.17) is 16.3 Å². The summed E-state index contributed by atoms with van der Waals surface area (Å²) in [6.07, 6.45) is 3.77. The molecule has 162 valence electrons. The van der Waals surface area contributed by atoms with Crippen molar-refractivity contribution >= 4 is 45.5 Å². The normalized spacial score (nSPS) is 16.0. The number of anilines is 3. The van der Waals surface area contributed by atoms with E-state index in [-0.39, 0.29) is 12.0 Å². The Bertz CT molecular complexity index is 1060. The van der Waals surface area contributed by atoms with Crippen molar-refractivity contribution in [2.45, 2.75) is 32.8 Å². The number of rotatable bonds is 6. The van der Waals surface area contributed by atoms with Gasteiger partial charge in [-0.25, -0.2) is 4.98 Å². The molecular formula is C22H24ClN5O2S. The lowest BCUT2D eigenvalue weighted by molar-refractivity contribution is 0.103. The lowest BCUT2D eigenvalue weighted by Crippen LogP contribution is -2.37. The number of nitrogens with one attached hydrogen (secondary N) is 3. The molecule has 0 aliphatic carbocycles. The summed E-state index contributed by atoms with van der Waals surface area (Å²) in [4.78, 5) is 22.0. The van der Waals surface area contributed by atoms with Gasteiger partial charge < -0.3 is 20.7 Å². The number of nitrogens with zero attached hydrogens (tertiary/aromatic N) is 2. The van der Waals surface area contributed by atoms with Crippen LogP contribution in [0.3, 0.4) is 0 Å². The van der Waals surface area contributed by atoms with Gasteiger partial charge in [-0.3, -0.25) is 4.79 Å². The summed E-state index contributed by atoms with van der Waals surface area (Å²) in [5, 5.41) is 10.5. The number of thiazole rings is 1. The summed E-state index contributed by atoms with van der Waals surface area (Å²) < 4.78 is 6.04. The average molecular weight is 458 g/mol. The van der Waals surface area contributed by atoms with Crippen LogP contribution in [0.1, 0.15) is 33.6 Å². The lowest BCUT2D eigenvalue weighted by atomic mass is 10.1. The highest BCUT2D eigenvalue weighted by Crippen LogP contribution is 2.28. The zero-order valence-electron chi connectivity index (χ0n) is 17.4. The fraction of sp³-hybridized carbons (Fsp3) is 0.318. The van der Waals surface area contributed by atoms with Crippen LogP contribution in [-0.2, 0) is 0 Å². The number of aromatic nitrogens is 2. The zero-order chi connectivity index (χ0) is 21.8. The van der Waals surface area contributed by atoms with Crippen molar-refractivity contribution in [2.24, 2.45) is 0 Å². The third kappa shape index (κ3) is 5.52. The number of para-hydroxylation sites is 1. The Hall–Kier alpha value is -2.68. The van der Waals surface area contributed by atoms with Gasteiger partial charge >= 0.3 is 0 Å². The molecule has 0 unspecified atom stereocenters. The van der Waals surface area contributed by atoms with Crippen molar-refractivity contribution in [1.29, 1.82) is 0 Å². The van der Waals surface area contributed by atoms with Gasteiger partial charge in [0.25, 0.3) is 5.91 Å². The number of ether oxygens (including phenoxy) is 1. The van der Waals surface area contributed by atoms with E-state index in [9.17, 15) is 4.79 Å². The number of carbonyl (C=O) groups is 1. The van der Waals surface area contributed by atoms with Gasteiger partial charge in [-0.05, 0) is 56.5 Å². The number of pyridine rings is 1. The van der Waals surface area contributed by atoms with E-state index >= 15 is 0 Å². The number of benzene rings is 1. The topological polar surface area (TPSA) is 88.2 Å². The predicted molar refractivity (Wildman–Crippen MR) is 125 cm³/mol. The van der Waals surface area contributed by atoms with Crippen molar-refractivity contribution in [3.63, 3.8) is 0 Å². The monoisotopic (exact) mass is 457 g/mol. The first-order valence-electron chi connectivity index (χ1n) is 10.1. The molecule has 1 aliphatic heterocycles. The van der Waals surface area contributed by atoms with Crippen LogP contribution in [0.2, 0.25) is 5.02 Å². The van der Waals surface area contributed by atoms with Gasteiger partial charge in [-0.2, -0.15) is 4.98 Å². The second-order valence-corrected chi connectivity index (χ2v) is 8.93. The fourth-order valence-corrected chi connectivity index (χ4v) is 4.35. The third-order valence-electron chi connectivity index (χ3n) is 4.91. The number of aryl methyl sites for hydroxylation is 2. The van der Waals surface area contributed by atoms with Gasteiger partial charge in [0.15, 0.2) is 5.13 Å². The number of hydrogen-bond acceptors (Lipinski definition) is 7. The van der Waals surface area contributed by atoms with Crippen LogP contribution in [0.15, 0.2) is 36.5 Å². The van der Waals surface area contributed by atoms with Crippen LogP contribution >= 0.6 is 22.9 Å². The Kier molecular flexibility index (Phi) is 6.70. The summed E-state index contributed by atoms with van der Waals surface area (Å²) >= 11 is 7.46. The summed E-state index contributed by atoms with van der Waals surface area (Å²) in [7, 11) is 0. The van der Waals surface area contributed by atoms with Crippen LogP contribution in [0.4, 0.5) is 16.6 Å². The van der Waals surface area contributed by atoms with E-state index < -0.39 is 0 Å². The number of hydrogen-bond donors (Lipinski definition) is 3. The van der Waals surface area contributed by atoms with Crippen LogP contribution in [0.25, 0.3) is 0 Å². The minimum Gasteiger partial charge on any atom is -0.473 e.